The Labute approximate surface area is 150 Å². The van der Waals surface area contributed by atoms with E-state index in [1.165, 1.54) is 0 Å². The van der Waals surface area contributed by atoms with Crippen LogP contribution in [0.3, 0.4) is 0 Å². The van der Waals surface area contributed by atoms with Gasteiger partial charge in [-0.2, -0.15) is 9.78 Å². The summed E-state index contributed by atoms with van der Waals surface area (Å²) in [7, 11) is 0. The molecule has 0 radical (unpaired) electrons. The lowest BCUT2D eigenvalue weighted by Crippen LogP contribution is -2.13. The maximum atomic E-state index is 5.79. The lowest BCUT2D eigenvalue weighted by atomic mass is 10.1. The van der Waals surface area contributed by atoms with Crippen LogP contribution in [0.5, 0.6) is 5.75 Å². The lowest BCUT2D eigenvalue weighted by molar-refractivity contribution is 0.242. The summed E-state index contributed by atoms with van der Waals surface area (Å²) in [4.78, 5) is 0. The highest BCUT2D eigenvalue weighted by molar-refractivity contribution is 7.99. The largest absolute Gasteiger partial charge is 0.491 e. The van der Waals surface area contributed by atoms with Crippen molar-refractivity contribution in [2.24, 2.45) is 5.10 Å². The first-order chi connectivity index (χ1) is 12.2. The maximum Gasteiger partial charge on any atom is 0.212 e. The predicted octanol–water partition coefficient (Wildman–Crippen LogP) is 4.09. The van der Waals surface area contributed by atoms with E-state index >= 15 is 0 Å². The number of hydrogen-bond donors (Lipinski definition) is 0. The zero-order valence-electron chi connectivity index (χ0n) is 14.1. The maximum absolute atomic E-state index is 5.79. The monoisotopic (exact) mass is 350 g/mol. The van der Waals surface area contributed by atoms with Crippen molar-refractivity contribution in [2.45, 2.75) is 25.1 Å². The number of thioether (sulfide) groups is 1. The first-order valence-corrected chi connectivity index (χ1v) is 9.18. The second kappa shape index (κ2) is 6.72. The summed E-state index contributed by atoms with van der Waals surface area (Å²) in [6, 6.07) is 18.1. The summed E-state index contributed by atoms with van der Waals surface area (Å²) in [5.74, 6) is 2.34. The van der Waals surface area contributed by atoms with Crippen LogP contribution in [0.2, 0.25) is 0 Å². The van der Waals surface area contributed by atoms with Gasteiger partial charge < -0.3 is 4.74 Å². The molecule has 0 saturated carbocycles. The van der Waals surface area contributed by atoms with E-state index in [4.69, 9.17) is 9.84 Å². The van der Waals surface area contributed by atoms with Gasteiger partial charge in [0.15, 0.2) is 5.82 Å². The zero-order valence-corrected chi connectivity index (χ0v) is 14.9. The summed E-state index contributed by atoms with van der Waals surface area (Å²) in [5.41, 5.74) is 3.08. The molecule has 1 aromatic heterocycles. The van der Waals surface area contributed by atoms with E-state index < -0.39 is 0 Å². The van der Waals surface area contributed by atoms with Crippen molar-refractivity contribution in [3.8, 4) is 17.1 Å². The first-order valence-electron chi connectivity index (χ1n) is 8.19. The quantitative estimate of drug-likeness (QED) is 0.711. The Hall–Kier alpha value is -2.60. The van der Waals surface area contributed by atoms with E-state index in [-0.39, 0.29) is 6.10 Å². The molecule has 5 nitrogen and oxygen atoms in total. The van der Waals surface area contributed by atoms with Crippen LogP contribution in [0.1, 0.15) is 19.4 Å². The molecule has 0 bridgehead atoms. The van der Waals surface area contributed by atoms with Crippen LogP contribution in [0.15, 0.2) is 64.9 Å². The average molecular weight is 350 g/mol. The van der Waals surface area contributed by atoms with Crippen LogP contribution < -0.4 is 4.74 Å². The van der Waals surface area contributed by atoms with Crippen molar-refractivity contribution >= 4 is 17.5 Å². The Morgan fingerprint density at radius 2 is 1.80 bits per heavy atom. The molecule has 6 heteroatoms. The smallest absolute Gasteiger partial charge is 0.212 e. The average Bonchev–Trinajstić information content (AvgIpc) is 3.05. The van der Waals surface area contributed by atoms with Crippen molar-refractivity contribution in [2.75, 3.05) is 5.75 Å². The van der Waals surface area contributed by atoms with Gasteiger partial charge >= 0.3 is 0 Å². The first kappa shape index (κ1) is 15.9. The topological polar surface area (TPSA) is 52.3 Å². The van der Waals surface area contributed by atoms with Crippen LogP contribution in [-0.4, -0.2) is 32.4 Å². The van der Waals surface area contributed by atoms with Crippen molar-refractivity contribution in [3.63, 3.8) is 0 Å². The molecule has 0 spiro atoms. The Morgan fingerprint density at radius 1 is 1.00 bits per heavy atom. The van der Waals surface area contributed by atoms with Crippen LogP contribution in [-0.2, 0) is 0 Å². The predicted molar refractivity (Wildman–Crippen MR) is 100 cm³/mol. The van der Waals surface area contributed by atoms with Crippen molar-refractivity contribution in [1.82, 2.24) is 14.9 Å². The number of fused-ring (bicyclic) bond motifs is 1. The molecular weight excluding hydrogens is 332 g/mol. The lowest BCUT2D eigenvalue weighted by Gasteiger charge is -2.14. The van der Waals surface area contributed by atoms with Gasteiger partial charge in [-0.05, 0) is 31.5 Å². The van der Waals surface area contributed by atoms with Gasteiger partial charge in [0, 0.05) is 11.3 Å². The van der Waals surface area contributed by atoms with Crippen LogP contribution in [0, 0.1) is 0 Å². The van der Waals surface area contributed by atoms with E-state index in [0.29, 0.717) is 0 Å². The van der Waals surface area contributed by atoms with Gasteiger partial charge in [0.1, 0.15) is 5.75 Å². The molecule has 0 aliphatic carbocycles. The minimum Gasteiger partial charge on any atom is -0.491 e. The van der Waals surface area contributed by atoms with Gasteiger partial charge in [-0.15, -0.1) is 10.2 Å². The number of aromatic nitrogens is 3. The molecule has 2 aromatic carbocycles. The van der Waals surface area contributed by atoms with Gasteiger partial charge in [0.05, 0.1) is 11.8 Å². The third-order valence-electron chi connectivity index (χ3n) is 3.74. The standard InChI is InChI=1S/C19H18N4OS/c1-13(2)24-16-10-6-9-15(11-16)18-20-21-19-23(18)22-17(12-25-19)14-7-4-3-5-8-14/h3-11,13H,12H2,1-2H3. The number of hydrogen-bond acceptors (Lipinski definition) is 5. The van der Waals surface area contributed by atoms with Gasteiger partial charge in [-0.1, -0.05) is 54.2 Å². The SMILES string of the molecule is CC(C)Oc1cccc(-c2nnc3n2N=C(c2ccccc2)CS3)c1. The molecule has 0 N–H and O–H groups in total. The Balaban J connectivity index is 1.73. The second-order valence-corrected chi connectivity index (χ2v) is 6.96. The van der Waals surface area contributed by atoms with Crippen LogP contribution in [0.4, 0.5) is 0 Å². The van der Waals surface area contributed by atoms with E-state index in [1.807, 2.05) is 61.0 Å². The highest BCUT2D eigenvalue weighted by atomic mass is 32.2. The molecule has 2 heterocycles. The van der Waals surface area contributed by atoms with Gasteiger partial charge in [-0.3, -0.25) is 0 Å². The fraction of sp³-hybridized carbons (Fsp3) is 0.211. The number of nitrogens with zero attached hydrogens (tertiary/aromatic N) is 4. The Morgan fingerprint density at radius 3 is 2.60 bits per heavy atom. The van der Waals surface area contributed by atoms with Gasteiger partial charge in [0.2, 0.25) is 5.16 Å². The molecule has 1 aliphatic heterocycles. The highest BCUT2D eigenvalue weighted by Crippen LogP contribution is 2.30. The van der Waals surface area contributed by atoms with E-state index in [1.54, 1.807) is 11.8 Å². The number of ether oxygens (including phenoxy) is 1. The Bertz CT molecular complexity index is 918. The molecule has 0 saturated heterocycles. The molecule has 0 atom stereocenters. The molecule has 126 valence electrons. The van der Waals surface area contributed by atoms with Crippen molar-refractivity contribution < 1.29 is 4.74 Å². The van der Waals surface area contributed by atoms with Gasteiger partial charge in [-0.25, -0.2) is 0 Å². The van der Waals surface area contributed by atoms with Crippen molar-refractivity contribution in [1.29, 1.82) is 0 Å². The molecule has 0 amide bonds. The molecule has 0 fully saturated rings. The van der Waals surface area contributed by atoms with Crippen molar-refractivity contribution in [3.05, 3.63) is 60.2 Å². The van der Waals surface area contributed by atoms with Crippen LogP contribution >= 0.6 is 11.8 Å². The third kappa shape index (κ3) is 3.30. The summed E-state index contributed by atoms with van der Waals surface area (Å²) in [6.07, 6.45) is 0.126. The molecule has 0 unspecified atom stereocenters. The number of rotatable bonds is 4. The zero-order chi connectivity index (χ0) is 17.2. The third-order valence-corrected chi connectivity index (χ3v) is 4.67. The fourth-order valence-electron chi connectivity index (χ4n) is 2.66. The van der Waals surface area contributed by atoms with E-state index in [2.05, 4.69) is 22.3 Å². The highest BCUT2D eigenvalue weighted by Gasteiger charge is 2.20. The summed E-state index contributed by atoms with van der Waals surface area (Å²) in [6.45, 7) is 4.03. The second-order valence-electron chi connectivity index (χ2n) is 6.01. The minimum atomic E-state index is 0.126. The van der Waals surface area contributed by atoms with Gasteiger partial charge in [0.25, 0.3) is 0 Å². The molecule has 1 aliphatic rings. The van der Waals surface area contributed by atoms with Crippen LogP contribution in [0.25, 0.3) is 11.4 Å². The van der Waals surface area contributed by atoms with E-state index in [9.17, 15) is 0 Å². The molecular formula is C19H18N4OS. The molecule has 3 aromatic rings. The fourth-order valence-corrected chi connectivity index (χ4v) is 3.50. The van der Waals surface area contributed by atoms with E-state index in [0.717, 1.165) is 39.3 Å². The molecule has 4 rings (SSSR count). The summed E-state index contributed by atoms with van der Waals surface area (Å²) < 4.78 is 7.61. The summed E-state index contributed by atoms with van der Waals surface area (Å²) >= 11 is 1.65. The normalized spacial score (nSPS) is 13.5. The summed E-state index contributed by atoms with van der Waals surface area (Å²) in [5, 5.41) is 14.2. The molecule has 25 heavy (non-hydrogen) atoms. The minimum absolute atomic E-state index is 0.126. The number of benzene rings is 2. The Kier molecular flexibility index (Phi) is 4.28.